The fourth-order valence-corrected chi connectivity index (χ4v) is 3.66. The first-order chi connectivity index (χ1) is 16.0. The summed E-state index contributed by atoms with van der Waals surface area (Å²) in [5.41, 5.74) is 1.69. The molecule has 3 aromatic rings. The number of hydrogen-bond acceptors (Lipinski definition) is 6. The zero-order valence-electron chi connectivity index (χ0n) is 17.7. The van der Waals surface area contributed by atoms with E-state index in [1.165, 1.54) is 12.3 Å². The second kappa shape index (κ2) is 10.5. The topological polar surface area (TPSA) is 91.0 Å². The lowest BCUT2D eigenvalue weighted by Crippen LogP contribution is -2.45. The summed E-state index contributed by atoms with van der Waals surface area (Å²) in [4.78, 5) is 21.1. The molecule has 1 atom stereocenters. The minimum absolute atomic E-state index is 0.116. The number of hydrogen-bond donors (Lipinski definition) is 4. The number of rotatable bonds is 7. The molecule has 0 bridgehead atoms. The van der Waals surface area contributed by atoms with Crippen LogP contribution >= 0.6 is 11.6 Å². The van der Waals surface area contributed by atoms with Gasteiger partial charge >= 0.3 is 0 Å². The zero-order valence-corrected chi connectivity index (χ0v) is 18.4. The highest BCUT2D eigenvalue weighted by Crippen LogP contribution is 2.23. The minimum Gasteiger partial charge on any atom is -0.365 e. The summed E-state index contributed by atoms with van der Waals surface area (Å²) in [6, 6.07) is 10.8. The number of carbonyl (C=O) groups is 1. The van der Waals surface area contributed by atoms with Crippen LogP contribution in [-0.4, -0.2) is 35.0 Å². The number of anilines is 3. The molecule has 2 heterocycles. The summed E-state index contributed by atoms with van der Waals surface area (Å²) in [6.45, 7) is 1.94. The summed E-state index contributed by atoms with van der Waals surface area (Å²) in [5, 5.41) is 12.7. The van der Waals surface area contributed by atoms with Gasteiger partial charge in [0.05, 0.1) is 6.20 Å². The lowest BCUT2D eigenvalue weighted by Gasteiger charge is -2.23. The lowest BCUT2D eigenvalue weighted by molar-refractivity contribution is 0.0930. The Labute approximate surface area is 195 Å². The standard InChI is InChI=1S/C23H23ClF2N6O/c24-18-13-29-23(32-21(18)28-11-14-6-7-19(25)20(26)9-14)31-16-4-1-3-15(10-16)22(33)30-17-5-2-8-27-12-17/h1,3-4,6-7,9-10,13,17,27H,2,5,8,11-12H2,(H,30,33)(H2,28,29,31,32). The number of carbonyl (C=O) groups excluding carboxylic acids is 1. The maximum absolute atomic E-state index is 13.4. The van der Waals surface area contributed by atoms with Gasteiger partial charge in [0.2, 0.25) is 5.95 Å². The Morgan fingerprint density at radius 3 is 2.85 bits per heavy atom. The van der Waals surface area contributed by atoms with Gasteiger partial charge in [0.1, 0.15) is 5.02 Å². The molecule has 1 unspecified atom stereocenters. The van der Waals surface area contributed by atoms with Gasteiger partial charge in [0, 0.05) is 30.4 Å². The van der Waals surface area contributed by atoms with Gasteiger partial charge in [-0.3, -0.25) is 4.79 Å². The number of benzene rings is 2. The molecule has 4 rings (SSSR count). The molecule has 0 radical (unpaired) electrons. The van der Waals surface area contributed by atoms with Crippen LogP contribution < -0.4 is 21.3 Å². The van der Waals surface area contributed by atoms with E-state index in [1.54, 1.807) is 24.3 Å². The second-order valence-electron chi connectivity index (χ2n) is 7.71. The molecular weight excluding hydrogens is 450 g/mol. The van der Waals surface area contributed by atoms with Crippen molar-refractivity contribution in [2.75, 3.05) is 23.7 Å². The second-order valence-corrected chi connectivity index (χ2v) is 8.12. The van der Waals surface area contributed by atoms with E-state index in [9.17, 15) is 13.6 Å². The number of piperidine rings is 1. The third kappa shape index (κ3) is 6.15. The molecular formula is C23H23ClF2N6O. The SMILES string of the molecule is O=C(NC1CCCNC1)c1cccc(Nc2ncc(Cl)c(NCc3ccc(F)c(F)c3)n2)c1. The van der Waals surface area contributed by atoms with Gasteiger partial charge in [0.25, 0.3) is 5.91 Å². The molecule has 1 fully saturated rings. The molecule has 33 heavy (non-hydrogen) atoms. The highest BCUT2D eigenvalue weighted by atomic mass is 35.5. The summed E-state index contributed by atoms with van der Waals surface area (Å²) in [7, 11) is 0. The Morgan fingerprint density at radius 1 is 1.18 bits per heavy atom. The largest absolute Gasteiger partial charge is 0.365 e. The van der Waals surface area contributed by atoms with Crippen molar-refractivity contribution >= 4 is 35.0 Å². The normalized spacial score (nSPS) is 15.7. The molecule has 1 aromatic heterocycles. The smallest absolute Gasteiger partial charge is 0.251 e. The van der Waals surface area contributed by atoms with E-state index >= 15 is 0 Å². The van der Waals surface area contributed by atoms with Crippen molar-refractivity contribution in [3.63, 3.8) is 0 Å². The Hall–Kier alpha value is -3.30. The average Bonchev–Trinajstić information content (AvgIpc) is 2.82. The molecule has 1 aliphatic heterocycles. The summed E-state index contributed by atoms with van der Waals surface area (Å²) >= 11 is 6.17. The molecule has 2 aromatic carbocycles. The van der Waals surface area contributed by atoms with Crippen molar-refractivity contribution in [1.29, 1.82) is 0 Å². The van der Waals surface area contributed by atoms with Crippen molar-refractivity contribution < 1.29 is 13.6 Å². The molecule has 1 aliphatic rings. The van der Waals surface area contributed by atoms with Crippen LogP contribution in [0.2, 0.25) is 5.02 Å². The predicted molar refractivity (Wildman–Crippen MR) is 124 cm³/mol. The van der Waals surface area contributed by atoms with E-state index in [2.05, 4.69) is 31.2 Å². The fraction of sp³-hybridized carbons (Fsp3) is 0.261. The number of amides is 1. The van der Waals surface area contributed by atoms with Gasteiger partial charge < -0.3 is 21.3 Å². The van der Waals surface area contributed by atoms with E-state index in [-0.39, 0.29) is 29.5 Å². The third-order valence-electron chi connectivity index (χ3n) is 5.20. The number of aromatic nitrogens is 2. The van der Waals surface area contributed by atoms with E-state index in [0.29, 0.717) is 22.6 Å². The van der Waals surface area contributed by atoms with Crippen molar-refractivity contribution in [2.45, 2.75) is 25.4 Å². The van der Waals surface area contributed by atoms with E-state index in [0.717, 1.165) is 38.1 Å². The van der Waals surface area contributed by atoms with E-state index in [1.807, 2.05) is 0 Å². The average molecular weight is 473 g/mol. The van der Waals surface area contributed by atoms with Gasteiger partial charge in [-0.1, -0.05) is 23.7 Å². The Balaban J connectivity index is 1.41. The predicted octanol–water partition coefficient (Wildman–Crippen LogP) is 4.25. The van der Waals surface area contributed by atoms with E-state index in [4.69, 9.17) is 11.6 Å². The Morgan fingerprint density at radius 2 is 2.06 bits per heavy atom. The summed E-state index contributed by atoms with van der Waals surface area (Å²) in [5.74, 6) is -1.37. The number of halogens is 3. The molecule has 172 valence electrons. The van der Waals surface area contributed by atoms with Crippen LogP contribution in [0.3, 0.4) is 0 Å². The molecule has 1 amide bonds. The highest BCUT2D eigenvalue weighted by Gasteiger charge is 2.16. The summed E-state index contributed by atoms with van der Waals surface area (Å²) in [6.07, 6.45) is 3.42. The van der Waals surface area contributed by atoms with Gasteiger partial charge in [-0.2, -0.15) is 4.98 Å². The lowest BCUT2D eigenvalue weighted by atomic mass is 10.1. The summed E-state index contributed by atoms with van der Waals surface area (Å²) < 4.78 is 26.5. The van der Waals surface area contributed by atoms with Gasteiger partial charge in [0.15, 0.2) is 17.5 Å². The molecule has 0 saturated carbocycles. The number of nitrogens with zero attached hydrogens (tertiary/aromatic N) is 2. The van der Waals surface area contributed by atoms with Crippen molar-refractivity contribution in [2.24, 2.45) is 0 Å². The monoisotopic (exact) mass is 472 g/mol. The van der Waals surface area contributed by atoms with Crippen LogP contribution in [0.25, 0.3) is 0 Å². The van der Waals surface area contributed by atoms with Crippen LogP contribution in [-0.2, 0) is 6.54 Å². The Kier molecular flexibility index (Phi) is 7.31. The third-order valence-corrected chi connectivity index (χ3v) is 5.48. The first-order valence-electron chi connectivity index (χ1n) is 10.6. The first-order valence-corrected chi connectivity index (χ1v) is 10.9. The van der Waals surface area contributed by atoms with E-state index < -0.39 is 11.6 Å². The van der Waals surface area contributed by atoms with Crippen LogP contribution in [0.15, 0.2) is 48.7 Å². The van der Waals surface area contributed by atoms with Crippen molar-refractivity contribution in [1.82, 2.24) is 20.6 Å². The molecule has 7 nitrogen and oxygen atoms in total. The van der Waals surface area contributed by atoms with Crippen molar-refractivity contribution in [3.8, 4) is 0 Å². The maximum atomic E-state index is 13.4. The van der Waals surface area contributed by atoms with Crippen molar-refractivity contribution in [3.05, 3.63) is 76.4 Å². The Bertz CT molecular complexity index is 1140. The quantitative estimate of drug-likeness (QED) is 0.411. The fourth-order valence-electron chi connectivity index (χ4n) is 3.50. The van der Waals surface area contributed by atoms with Gasteiger partial charge in [-0.25, -0.2) is 13.8 Å². The number of nitrogens with one attached hydrogen (secondary N) is 4. The zero-order chi connectivity index (χ0) is 23.2. The van der Waals surface area contributed by atoms with Crippen LogP contribution in [0.5, 0.6) is 0 Å². The minimum atomic E-state index is -0.922. The molecule has 0 aliphatic carbocycles. The van der Waals surface area contributed by atoms with Crippen LogP contribution in [0, 0.1) is 11.6 Å². The van der Waals surface area contributed by atoms with Gasteiger partial charge in [-0.15, -0.1) is 0 Å². The molecule has 4 N–H and O–H groups in total. The first kappa shape index (κ1) is 22.9. The molecule has 10 heteroatoms. The van der Waals surface area contributed by atoms with Gasteiger partial charge in [-0.05, 0) is 55.3 Å². The molecule has 0 spiro atoms. The maximum Gasteiger partial charge on any atom is 0.251 e. The van der Waals surface area contributed by atoms with Crippen LogP contribution in [0.4, 0.5) is 26.2 Å². The highest BCUT2D eigenvalue weighted by molar-refractivity contribution is 6.32. The van der Waals surface area contributed by atoms with Crippen LogP contribution in [0.1, 0.15) is 28.8 Å². The molecule has 1 saturated heterocycles.